The molecule has 0 atom stereocenters. The highest BCUT2D eigenvalue weighted by Crippen LogP contribution is 2.29. The zero-order valence-corrected chi connectivity index (χ0v) is 15.4. The highest BCUT2D eigenvalue weighted by Gasteiger charge is 2.13. The van der Waals surface area contributed by atoms with Crippen molar-refractivity contribution in [3.63, 3.8) is 0 Å². The topological polar surface area (TPSA) is 128 Å². The summed E-state index contributed by atoms with van der Waals surface area (Å²) in [5.41, 5.74) is 12.1. The third kappa shape index (κ3) is 7.03. The SMILES string of the molecule is N=C(N)Cc1ccc(O)cc1.NNc1ccc(CCC(O)=C2CCC2)cc1. The van der Waals surface area contributed by atoms with Gasteiger partial charge in [0.1, 0.15) is 5.75 Å². The fourth-order valence-corrected chi connectivity index (χ4v) is 2.68. The van der Waals surface area contributed by atoms with E-state index in [-0.39, 0.29) is 11.6 Å². The van der Waals surface area contributed by atoms with Crippen molar-refractivity contribution < 1.29 is 10.2 Å². The van der Waals surface area contributed by atoms with E-state index in [2.05, 4.69) is 5.43 Å². The van der Waals surface area contributed by atoms with Gasteiger partial charge in [-0.05, 0) is 66.6 Å². The number of hydrogen-bond acceptors (Lipinski definition) is 5. The molecule has 0 radical (unpaired) electrons. The molecule has 0 aliphatic heterocycles. The van der Waals surface area contributed by atoms with Gasteiger partial charge in [0.15, 0.2) is 0 Å². The van der Waals surface area contributed by atoms with Crippen LogP contribution in [0.25, 0.3) is 0 Å². The molecule has 6 heteroatoms. The maximum atomic E-state index is 9.78. The molecule has 0 unspecified atom stereocenters. The van der Waals surface area contributed by atoms with Gasteiger partial charge in [-0.15, -0.1) is 0 Å². The predicted octanol–water partition coefficient (Wildman–Crippen LogP) is 3.77. The van der Waals surface area contributed by atoms with Crippen molar-refractivity contribution in [3.05, 3.63) is 71.0 Å². The van der Waals surface area contributed by atoms with Gasteiger partial charge in [-0.1, -0.05) is 24.3 Å². The molecule has 1 aliphatic carbocycles. The lowest BCUT2D eigenvalue weighted by atomic mass is 9.90. The van der Waals surface area contributed by atoms with Gasteiger partial charge >= 0.3 is 0 Å². The first-order valence-electron chi connectivity index (χ1n) is 9.04. The molecule has 0 saturated heterocycles. The number of benzene rings is 2. The highest BCUT2D eigenvalue weighted by molar-refractivity contribution is 5.79. The van der Waals surface area contributed by atoms with Crippen LogP contribution in [-0.4, -0.2) is 16.0 Å². The fourth-order valence-electron chi connectivity index (χ4n) is 2.68. The van der Waals surface area contributed by atoms with Crippen molar-refractivity contribution in [2.45, 2.75) is 38.5 Å². The minimum Gasteiger partial charge on any atom is -0.512 e. The Labute approximate surface area is 160 Å². The molecular weight excluding hydrogens is 340 g/mol. The average Bonchev–Trinajstić information content (AvgIpc) is 2.61. The van der Waals surface area contributed by atoms with E-state index >= 15 is 0 Å². The monoisotopic (exact) mass is 368 g/mol. The van der Waals surface area contributed by atoms with Crippen LogP contribution in [-0.2, 0) is 12.8 Å². The Morgan fingerprint density at radius 3 is 2.07 bits per heavy atom. The molecule has 3 rings (SSSR count). The second kappa shape index (κ2) is 10.2. The quantitative estimate of drug-likeness (QED) is 0.152. The van der Waals surface area contributed by atoms with Gasteiger partial charge in [-0.3, -0.25) is 11.3 Å². The molecule has 0 heterocycles. The minimum atomic E-state index is 0.135. The first kappa shape index (κ1) is 20.3. The molecule has 27 heavy (non-hydrogen) atoms. The fraction of sp³-hybridized carbons (Fsp3) is 0.286. The number of nitrogen functional groups attached to an aromatic ring is 1. The second-order valence-electron chi connectivity index (χ2n) is 6.61. The van der Waals surface area contributed by atoms with Gasteiger partial charge in [0.05, 0.1) is 11.6 Å². The summed E-state index contributed by atoms with van der Waals surface area (Å²) in [5, 5.41) is 25.7. The molecule has 2 aromatic rings. The summed E-state index contributed by atoms with van der Waals surface area (Å²) < 4.78 is 0. The summed E-state index contributed by atoms with van der Waals surface area (Å²) in [6.45, 7) is 0. The van der Waals surface area contributed by atoms with E-state index in [1.54, 1.807) is 24.3 Å². The number of phenols is 1. The Morgan fingerprint density at radius 1 is 1.00 bits per heavy atom. The minimum absolute atomic E-state index is 0.135. The largest absolute Gasteiger partial charge is 0.512 e. The molecule has 8 N–H and O–H groups in total. The van der Waals surface area contributed by atoms with Gasteiger partial charge in [0.2, 0.25) is 0 Å². The summed E-state index contributed by atoms with van der Waals surface area (Å²) in [5.74, 6) is 6.26. The Hall–Kier alpha value is -2.99. The molecule has 1 aliphatic rings. The molecule has 0 spiro atoms. The van der Waals surface area contributed by atoms with E-state index in [1.807, 2.05) is 24.3 Å². The average molecular weight is 368 g/mol. The van der Waals surface area contributed by atoms with Crippen molar-refractivity contribution in [2.24, 2.45) is 11.6 Å². The molecule has 144 valence electrons. The number of nitrogens with one attached hydrogen (secondary N) is 2. The maximum Gasteiger partial charge on any atom is 0.115 e. The third-order valence-electron chi connectivity index (χ3n) is 4.47. The Balaban J connectivity index is 0.000000208. The number of rotatable bonds is 6. The number of hydrogen-bond donors (Lipinski definition) is 6. The molecule has 0 amide bonds. The van der Waals surface area contributed by atoms with Gasteiger partial charge in [-0.25, -0.2) is 0 Å². The van der Waals surface area contributed by atoms with Crippen molar-refractivity contribution in [2.75, 3.05) is 5.43 Å². The lowest BCUT2D eigenvalue weighted by molar-refractivity contribution is 0.365. The van der Waals surface area contributed by atoms with Crippen molar-refractivity contribution in [3.8, 4) is 5.75 Å². The number of hydrazine groups is 1. The summed E-state index contributed by atoms with van der Waals surface area (Å²) in [6.07, 6.45) is 5.49. The van der Waals surface area contributed by atoms with Crippen molar-refractivity contribution in [1.82, 2.24) is 0 Å². The van der Waals surface area contributed by atoms with E-state index in [0.717, 1.165) is 36.9 Å². The molecule has 2 aromatic carbocycles. The molecular formula is C21H28N4O2. The Kier molecular flexibility index (Phi) is 7.70. The summed E-state index contributed by atoms with van der Waals surface area (Å²) in [6, 6.07) is 14.6. The van der Waals surface area contributed by atoms with Crippen LogP contribution in [0.2, 0.25) is 0 Å². The number of aromatic hydroxyl groups is 1. The molecule has 1 fully saturated rings. The Bertz CT molecular complexity index is 762. The van der Waals surface area contributed by atoms with Crippen molar-refractivity contribution in [1.29, 1.82) is 5.41 Å². The van der Waals surface area contributed by atoms with Crippen LogP contribution in [0.1, 0.15) is 36.8 Å². The smallest absolute Gasteiger partial charge is 0.115 e. The van der Waals surface area contributed by atoms with Crippen LogP contribution >= 0.6 is 0 Å². The standard InChI is InChI=1S/C13H18N2O.C8H10N2O/c14-15-12-7-4-10(5-8-12)6-9-13(16)11-2-1-3-11;9-8(10)5-6-1-3-7(11)4-2-6/h4-5,7-8,15-16H,1-3,6,9,14H2;1-4,11H,5H2,(H3,9,10). The highest BCUT2D eigenvalue weighted by atomic mass is 16.3. The number of aliphatic hydroxyl groups excluding tert-OH is 1. The molecule has 6 nitrogen and oxygen atoms in total. The summed E-state index contributed by atoms with van der Waals surface area (Å²) in [4.78, 5) is 0. The van der Waals surface area contributed by atoms with Gasteiger partial charge in [-0.2, -0.15) is 0 Å². The zero-order valence-electron chi connectivity index (χ0n) is 15.4. The van der Waals surface area contributed by atoms with E-state index in [1.165, 1.54) is 17.6 Å². The van der Waals surface area contributed by atoms with Crippen LogP contribution in [0.15, 0.2) is 59.9 Å². The Morgan fingerprint density at radius 2 is 1.59 bits per heavy atom. The van der Waals surface area contributed by atoms with Gasteiger partial charge < -0.3 is 21.4 Å². The number of aryl methyl sites for hydroxylation is 1. The summed E-state index contributed by atoms with van der Waals surface area (Å²) >= 11 is 0. The van der Waals surface area contributed by atoms with Gasteiger partial charge in [0.25, 0.3) is 0 Å². The van der Waals surface area contributed by atoms with Crippen molar-refractivity contribution >= 4 is 11.5 Å². The third-order valence-corrected chi connectivity index (χ3v) is 4.47. The van der Waals surface area contributed by atoms with Crippen LogP contribution < -0.4 is 17.0 Å². The summed E-state index contributed by atoms with van der Waals surface area (Å²) in [7, 11) is 0. The van der Waals surface area contributed by atoms with Crippen LogP contribution in [0.3, 0.4) is 0 Å². The van der Waals surface area contributed by atoms with E-state index in [0.29, 0.717) is 12.2 Å². The predicted molar refractivity (Wildman–Crippen MR) is 110 cm³/mol. The lowest BCUT2D eigenvalue weighted by Crippen LogP contribution is -2.12. The van der Waals surface area contributed by atoms with E-state index in [4.69, 9.17) is 22.1 Å². The maximum absolute atomic E-state index is 9.78. The van der Waals surface area contributed by atoms with Crippen LogP contribution in [0.5, 0.6) is 5.75 Å². The number of allylic oxidation sites excluding steroid dienone is 2. The number of aliphatic hydroxyl groups is 1. The molecule has 0 aromatic heterocycles. The van der Waals surface area contributed by atoms with E-state index in [9.17, 15) is 5.11 Å². The number of phenolic OH excluding ortho intramolecular Hbond substituents is 1. The number of amidine groups is 1. The molecule has 1 saturated carbocycles. The van der Waals surface area contributed by atoms with Crippen LogP contribution in [0.4, 0.5) is 5.69 Å². The molecule has 0 bridgehead atoms. The van der Waals surface area contributed by atoms with Gasteiger partial charge in [0, 0.05) is 18.5 Å². The number of anilines is 1. The lowest BCUT2D eigenvalue weighted by Gasteiger charge is -2.18. The normalized spacial score (nSPS) is 12.4. The first-order valence-corrected chi connectivity index (χ1v) is 9.04. The van der Waals surface area contributed by atoms with E-state index < -0.39 is 0 Å². The second-order valence-corrected chi connectivity index (χ2v) is 6.61. The van der Waals surface area contributed by atoms with Crippen LogP contribution in [0, 0.1) is 5.41 Å². The first-order chi connectivity index (χ1) is 13.0. The number of nitrogens with two attached hydrogens (primary N) is 2. The zero-order chi connectivity index (χ0) is 19.6.